The van der Waals surface area contributed by atoms with Crippen molar-refractivity contribution in [3.8, 4) is 0 Å². The summed E-state index contributed by atoms with van der Waals surface area (Å²) in [5, 5.41) is 5.44. The Balaban J connectivity index is 1.71. The highest BCUT2D eigenvalue weighted by atomic mass is 79.9. The topological polar surface area (TPSA) is 78.5 Å². The fraction of sp³-hybridized carbons (Fsp3) is 0.400. The Bertz CT molecular complexity index is 693. The Morgan fingerprint density at radius 3 is 2.39 bits per heavy atom. The fourth-order valence-electron chi connectivity index (χ4n) is 2.83. The molecule has 1 spiro atoms. The van der Waals surface area contributed by atoms with Gasteiger partial charge in [0.1, 0.15) is 12.1 Å². The van der Waals surface area contributed by atoms with E-state index in [-0.39, 0.29) is 12.5 Å². The van der Waals surface area contributed by atoms with E-state index in [2.05, 4.69) is 42.5 Å². The van der Waals surface area contributed by atoms with E-state index in [4.69, 9.17) is 0 Å². The number of carbonyl (C=O) groups is 3. The Morgan fingerprint density at radius 1 is 1.30 bits per heavy atom. The largest absolute Gasteiger partial charge is 0.325 e. The van der Waals surface area contributed by atoms with Crippen molar-refractivity contribution in [3.63, 3.8) is 0 Å². The van der Waals surface area contributed by atoms with Crippen molar-refractivity contribution < 1.29 is 14.4 Å². The molecule has 1 heterocycles. The van der Waals surface area contributed by atoms with Crippen LogP contribution in [0.15, 0.2) is 21.1 Å². The zero-order valence-corrected chi connectivity index (χ0v) is 15.6. The minimum Gasteiger partial charge on any atom is -0.323 e. The number of benzene rings is 1. The number of hydrogen-bond donors (Lipinski definition) is 2. The lowest BCUT2D eigenvalue weighted by molar-refractivity contribution is -0.136. The molecule has 6 nitrogen and oxygen atoms in total. The summed E-state index contributed by atoms with van der Waals surface area (Å²) in [6.45, 7) is 1.64. The van der Waals surface area contributed by atoms with Gasteiger partial charge in [-0.2, -0.15) is 0 Å². The molecule has 1 saturated carbocycles. The summed E-state index contributed by atoms with van der Waals surface area (Å²) in [7, 11) is 0. The van der Waals surface area contributed by atoms with Gasteiger partial charge in [-0.25, -0.2) is 4.79 Å². The maximum atomic E-state index is 12.3. The van der Waals surface area contributed by atoms with E-state index in [9.17, 15) is 14.4 Å². The maximum absolute atomic E-state index is 12.3. The third-order valence-corrected chi connectivity index (χ3v) is 5.46. The monoisotopic (exact) mass is 443 g/mol. The summed E-state index contributed by atoms with van der Waals surface area (Å²) >= 11 is 6.79. The van der Waals surface area contributed by atoms with E-state index in [0.29, 0.717) is 18.5 Å². The van der Waals surface area contributed by atoms with E-state index in [1.807, 2.05) is 19.1 Å². The maximum Gasteiger partial charge on any atom is 0.325 e. The molecule has 0 atom stereocenters. The first kappa shape index (κ1) is 16.4. The number of anilines is 1. The van der Waals surface area contributed by atoms with Crippen LogP contribution in [-0.2, 0) is 9.59 Å². The molecule has 1 aliphatic carbocycles. The number of hydrogen-bond acceptors (Lipinski definition) is 3. The van der Waals surface area contributed by atoms with Gasteiger partial charge < -0.3 is 10.6 Å². The van der Waals surface area contributed by atoms with Crippen LogP contribution in [0.2, 0.25) is 0 Å². The molecule has 8 heteroatoms. The first-order chi connectivity index (χ1) is 10.8. The van der Waals surface area contributed by atoms with Crippen LogP contribution < -0.4 is 10.6 Å². The summed E-state index contributed by atoms with van der Waals surface area (Å²) < 4.78 is 1.45. The number of urea groups is 1. The zero-order chi connectivity index (χ0) is 16.8. The van der Waals surface area contributed by atoms with Crippen LogP contribution in [-0.4, -0.2) is 34.8 Å². The number of amides is 4. The van der Waals surface area contributed by atoms with Crippen LogP contribution in [0.3, 0.4) is 0 Å². The number of halogens is 2. The second kappa shape index (κ2) is 5.90. The van der Waals surface area contributed by atoms with Gasteiger partial charge in [0.15, 0.2) is 0 Å². The zero-order valence-electron chi connectivity index (χ0n) is 12.4. The van der Waals surface area contributed by atoms with Gasteiger partial charge in [-0.1, -0.05) is 0 Å². The molecule has 1 aromatic rings. The standard InChI is InChI=1S/C15H15Br2N3O3/c1-8-5-9(16)12(10(17)6-8)18-11(21)7-20-13(22)15(3-2-4-15)19-14(20)23/h5-6H,2-4,7H2,1H3,(H,18,21)(H,19,23). The van der Waals surface area contributed by atoms with Gasteiger partial charge in [0.05, 0.1) is 5.69 Å². The van der Waals surface area contributed by atoms with E-state index in [1.165, 1.54) is 0 Å². The quantitative estimate of drug-likeness (QED) is 0.703. The Morgan fingerprint density at radius 2 is 1.91 bits per heavy atom. The molecule has 1 aromatic carbocycles. The van der Waals surface area contributed by atoms with Crippen LogP contribution in [0.1, 0.15) is 24.8 Å². The average Bonchev–Trinajstić information content (AvgIpc) is 2.67. The van der Waals surface area contributed by atoms with Gasteiger partial charge in [-0.05, 0) is 75.7 Å². The van der Waals surface area contributed by atoms with Crippen molar-refractivity contribution in [2.24, 2.45) is 0 Å². The molecule has 0 radical (unpaired) electrons. The highest BCUT2D eigenvalue weighted by Crippen LogP contribution is 2.37. The lowest BCUT2D eigenvalue weighted by atomic mass is 9.77. The normalized spacial score (nSPS) is 18.8. The Labute approximate surface area is 150 Å². The van der Waals surface area contributed by atoms with Gasteiger partial charge in [0, 0.05) is 8.95 Å². The van der Waals surface area contributed by atoms with Crippen LogP contribution in [0.5, 0.6) is 0 Å². The Kier molecular flexibility index (Phi) is 4.22. The third kappa shape index (κ3) is 2.89. The predicted molar refractivity (Wildman–Crippen MR) is 92.0 cm³/mol. The van der Waals surface area contributed by atoms with Crippen molar-refractivity contribution in [2.75, 3.05) is 11.9 Å². The SMILES string of the molecule is Cc1cc(Br)c(NC(=O)CN2C(=O)NC3(CCC3)C2=O)c(Br)c1. The minimum atomic E-state index is -0.762. The van der Waals surface area contributed by atoms with Crippen molar-refractivity contribution in [1.82, 2.24) is 10.2 Å². The summed E-state index contributed by atoms with van der Waals surface area (Å²) in [6.07, 6.45) is 2.20. The van der Waals surface area contributed by atoms with Crippen LogP contribution in [0.4, 0.5) is 10.5 Å². The molecule has 2 aliphatic rings. The molecule has 1 aliphatic heterocycles. The van der Waals surface area contributed by atoms with Crippen molar-refractivity contribution in [2.45, 2.75) is 31.7 Å². The van der Waals surface area contributed by atoms with Crippen LogP contribution in [0.25, 0.3) is 0 Å². The Hall–Kier alpha value is -1.41. The third-order valence-electron chi connectivity index (χ3n) is 4.21. The van der Waals surface area contributed by atoms with Gasteiger partial charge in [-0.15, -0.1) is 0 Å². The molecule has 2 fully saturated rings. The highest BCUT2D eigenvalue weighted by Gasteiger charge is 2.54. The van der Waals surface area contributed by atoms with Crippen molar-refractivity contribution in [1.29, 1.82) is 0 Å². The lowest BCUT2D eigenvalue weighted by Gasteiger charge is -2.34. The molecule has 0 aromatic heterocycles. The molecule has 3 rings (SSSR count). The molecule has 0 unspecified atom stereocenters. The second-order valence-corrected chi connectivity index (χ2v) is 7.62. The van der Waals surface area contributed by atoms with Gasteiger partial charge in [0.2, 0.25) is 5.91 Å². The van der Waals surface area contributed by atoms with E-state index >= 15 is 0 Å². The highest BCUT2D eigenvalue weighted by molar-refractivity contribution is 9.11. The van der Waals surface area contributed by atoms with E-state index < -0.39 is 17.5 Å². The summed E-state index contributed by atoms with van der Waals surface area (Å²) in [5.74, 6) is -0.721. The van der Waals surface area contributed by atoms with Gasteiger partial charge in [-0.3, -0.25) is 14.5 Å². The molecular weight excluding hydrogens is 430 g/mol. The lowest BCUT2D eigenvalue weighted by Crippen LogP contribution is -2.52. The molecule has 2 N–H and O–H groups in total. The smallest absolute Gasteiger partial charge is 0.323 e. The average molecular weight is 445 g/mol. The molecule has 0 bridgehead atoms. The number of nitrogens with one attached hydrogen (secondary N) is 2. The van der Waals surface area contributed by atoms with E-state index in [1.54, 1.807) is 0 Å². The molecule has 4 amide bonds. The van der Waals surface area contributed by atoms with Crippen molar-refractivity contribution >= 4 is 55.4 Å². The minimum absolute atomic E-state index is 0.292. The number of rotatable bonds is 3. The first-order valence-corrected chi connectivity index (χ1v) is 8.81. The number of aryl methyl sites for hydroxylation is 1. The van der Waals surface area contributed by atoms with Gasteiger partial charge >= 0.3 is 6.03 Å². The second-order valence-electron chi connectivity index (χ2n) is 5.91. The van der Waals surface area contributed by atoms with Crippen molar-refractivity contribution in [3.05, 3.63) is 26.6 Å². The van der Waals surface area contributed by atoms with E-state index in [0.717, 1.165) is 25.8 Å². The molecule has 1 saturated heterocycles. The summed E-state index contributed by atoms with van der Waals surface area (Å²) in [4.78, 5) is 37.5. The number of carbonyl (C=O) groups excluding carboxylic acids is 3. The first-order valence-electron chi connectivity index (χ1n) is 7.22. The van der Waals surface area contributed by atoms with Gasteiger partial charge in [0.25, 0.3) is 5.91 Å². The summed E-state index contributed by atoms with van der Waals surface area (Å²) in [6, 6.07) is 3.25. The molecule has 23 heavy (non-hydrogen) atoms. The van der Waals surface area contributed by atoms with Crippen LogP contribution >= 0.6 is 31.9 Å². The predicted octanol–water partition coefficient (Wildman–Crippen LogP) is 2.93. The number of imide groups is 1. The van der Waals surface area contributed by atoms with Crippen LogP contribution in [0, 0.1) is 6.92 Å². The fourth-order valence-corrected chi connectivity index (χ4v) is 4.44. The number of nitrogens with zero attached hydrogens (tertiary/aromatic N) is 1. The molecule has 122 valence electrons. The summed E-state index contributed by atoms with van der Waals surface area (Å²) in [5.41, 5.74) is 0.844. The molecular formula is C15H15Br2N3O3.